The molecule has 0 fully saturated rings. The lowest BCUT2D eigenvalue weighted by Crippen LogP contribution is -2.03. The summed E-state index contributed by atoms with van der Waals surface area (Å²) in [5.41, 5.74) is 13.2. The lowest BCUT2D eigenvalue weighted by atomic mass is 10.0. The van der Waals surface area contributed by atoms with Gasteiger partial charge in [-0.25, -0.2) is 9.97 Å². The highest BCUT2D eigenvalue weighted by Crippen LogP contribution is 2.45. The zero-order valence-electron chi connectivity index (χ0n) is 31.4. The molecule has 0 spiro atoms. The third-order valence-corrected chi connectivity index (χ3v) is 11.7. The third-order valence-electron chi connectivity index (χ3n) is 11.7. The molecule has 0 radical (unpaired) electrons. The molecule has 0 atom stereocenters. The molecular weight excluding hydrogens is 705 g/mol. The molecule has 3 aromatic heterocycles. The van der Waals surface area contributed by atoms with E-state index in [0.29, 0.717) is 5.95 Å². The second-order valence-corrected chi connectivity index (χ2v) is 15.0. The van der Waals surface area contributed by atoms with Crippen LogP contribution >= 0.6 is 0 Å². The molecule has 0 N–H and O–H groups in total. The lowest BCUT2D eigenvalue weighted by Gasteiger charge is -2.12. The summed E-state index contributed by atoms with van der Waals surface area (Å²) in [6.07, 6.45) is 0. The van der Waals surface area contributed by atoms with Crippen LogP contribution < -0.4 is 0 Å². The van der Waals surface area contributed by atoms with Gasteiger partial charge in [-0.2, -0.15) is 0 Å². The van der Waals surface area contributed by atoms with Crippen molar-refractivity contribution in [1.82, 2.24) is 19.1 Å². The fourth-order valence-electron chi connectivity index (χ4n) is 9.11. The smallest absolute Gasteiger partial charge is 0.235 e. The molecule has 9 aromatic carbocycles. The normalized spacial score (nSPS) is 11.8. The average molecular weight is 739 g/mol. The highest BCUT2D eigenvalue weighted by atomic mass is 15.2. The first-order chi connectivity index (χ1) is 28.8. The van der Waals surface area contributed by atoms with Crippen molar-refractivity contribution < 1.29 is 0 Å². The van der Waals surface area contributed by atoms with Crippen LogP contribution in [0.5, 0.6) is 0 Å². The van der Waals surface area contributed by atoms with Crippen LogP contribution in [0.1, 0.15) is 0 Å². The predicted molar refractivity (Wildman–Crippen MR) is 242 cm³/mol. The minimum atomic E-state index is 0.648. The zero-order chi connectivity index (χ0) is 38.2. The largest absolute Gasteiger partial charge is 0.309 e. The van der Waals surface area contributed by atoms with Crippen LogP contribution in [-0.2, 0) is 0 Å². The Morgan fingerprint density at radius 1 is 0.310 bits per heavy atom. The summed E-state index contributed by atoms with van der Waals surface area (Å²) < 4.78 is 4.71. The Kier molecular flexibility index (Phi) is 7.20. The van der Waals surface area contributed by atoms with E-state index in [1.54, 1.807) is 0 Å². The Bertz CT molecular complexity index is 3540. The Labute approximate surface area is 334 Å². The summed E-state index contributed by atoms with van der Waals surface area (Å²) in [5.74, 6) is 0.648. The first kappa shape index (κ1) is 32.4. The maximum atomic E-state index is 5.48. The van der Waals surface area contributed by atoms with E-state index in [1.807, 2.05) is 0 Å². The summed E-state index contributed by atoms with van der Waals surface area (Å²) in [4.78, 5) is 10.8. The number of hydrogen-bond donors (Lipinski definition) is 0. The minimum Gasteiger partial charge on any atom is -0.309 e. The maximum absolute atomic E-state index is 5.48. The van der Waals surface area contributed by atoms with Crippen LogP contribution in [0.2, 0.25) is 0 Å². The van der Waals surface area contributed by atoms with E-state index < -0.39 is 0 Å². The molecule has 4 nitrogen and oxygen atoms in total. The van der Waals surface area contributed by atoms with Crippen molar-refractivity contribution in [3.63, 3.8) is 0 Å². The summed E-state index contributed by atoms with van der Waals surface area (Å²) >= 11 is 0. The van der Waals surface area contributed by atoms with Crippen molar-refractivity contribution in [2.24, 2.45) is 0 Å². The highest BCUT2D eigenvalue weighted by molar-refractivity contribution is 6.33. The van der Waals surface area contributed by atoms with Crippen LogP contribution in [0, 0.1) is 0 Å². The fraction of sp³-hybridized carbons (Fsp3) is 0. The van der Waals surface area contributed by atoms with Gasteiger partial charge in [0.1, 0.15) is 0 Å². The van der Waals surface area contributed by atoms with Crippen LogP contribution in [0.4, 0.5) is 0 Å². The second kappa shape index (κ2) is 12.9. The molecular formula is C54H34N4. The van der Waals surface area contributed by atoms with Gasteiger partial charge >= 0.3 is 0 Å². The summed E-state index contributed by atoms with van der Waals surface area (Å²) in [7, 11) is 0. The van der Waals surface area contributed by atoms with Gasteiger partial charge in [-0.15, -0.1) is 0 Å². The molecule has 12 aromatic rings. The van der Waals surface area contributed by atoms with Crippen molar-refractivity contribution in [3.8, 4) is 45.1 Å². The Balaban J connectivity index is 1.16. The van der Waals surface area contributed by atoms with Crippen LogP contribution in [0.3, 0.4) is 0 Å². The Hall–Kier alpha value is -7.82. The minimum absolute atomic E-state index is 0.648. The topological polar surface area (TPSA) is 35.6 Å². The van der Waals surface area contributed by atoms with E-state index in [2.05, 4.69) is 215 Å². The monoisotopic (exact) mass is 738 g/mol. The van der Waals surface area contributed by atoms with E-state index >= 15 is 0 Å². The molecule has 12 rings (SSSR count). The summed E-state index contributed by atoms with van der Waals surface area (Å²) in [6.45, 7) is 0. The number of nitrogens with zero attached hydrogens (tertiary/aromatic N) is 4. The predicted octanol–water partition coefficient (Wildman–Crippen LogP) is 14.0. The first-order valence-corrected chi connectivity index (χ1v) is 19.8. The van der Waals surface area contributed by atoms with Crippen molar-refractivity contribution in [3.05, 3.63) is 206 Å². The number of fused-ring (bicyclic) bond motifs is 10. The number of aromatic nitrogens is 4. The van der Waals surface area contributed by atoms with Crippen molar-refractivity contribution >= 4 is 65.3 Å². The maximum Gasteiger partial charge on any atom is 0.235 e. The van der Waals surface area contributed by atoms with Crippen LogP contribution in [-0.4, -0.2) is 19.1 Å². The van der Waals surface area contributed by atoms with Gasteiger partial charge in [0, 0.05) is 38.2 Å². The molecule has 0 aliphatic heterocycles. The zero-order valence-corrected chi connectivity index (χ0v) is 31.4. The highest BCUT2D eigenvalue weighted by Gasteiger charge is 2.24. The molecule has 0 aliphatic rings. The second-order valence-electron chi connectivity index (χ2n) is 15.0. The molecule has 58 heavy (non-hydrogen) atoms. The van der Waals surface area contributed by atoms with E-state index in [0.717, 1.165) is 44.4 Å². The van der Waals surface area contributed by atoms with E-state index in [4.69, 9.17) is 9.97 Å². The summed E-state index contributed by atoms with van der Waals surface area (Å²) in [5, 5.41) is 8.25. The van der Waals surface area contributed by atoms with Gasteiger partial charge in [0.15, 0.2) is 0 Å². The summed E-state index contributed by atoms with van der Waals surface area (Å²) in [6, 6.07) is 73.7. The Morgan fingerprint density at radius 2 is 0.862 bits per heavy atom. The van der Waals surface area contributed by atoms with Gasteiger partial charge in [0.2, 0.25) is 5.95 Å². The number of rotatable bonds is 5. The molecule has 0 unspecified atom stereocenters. The molecule has 0 saturated heterocycles. The van der Waals surface area contributed by atoms with Crippen molar-refractivity contribution in [2.45, 2.75) is 0 Å². The Morgan fingerprint density at radius 3 is 1.66 bits per heavy atom. The number of para-hydroxylation sites is 2. The lowest BCUT2D eigenvalue weighted by molar-refractivity contribution is 1.01. The van der Waals surface area contributed by atoms with Crippen molar-refractivity contribution in [2.75, 3.05) is 0 Å². The van der Waals surface area contributed by atoms with Gasteiger partial charge in [-0.1, -0.05) is 164 Å². The average Bonchev–Trinajstić information content (AvgIpc) is 3.82. The molecule has 0 bridgehead atoms. The molecule has 0 amide bonds. The van der Waals surface area contributed by atoms with Crippen LogP contribution in [0.15, 0.2) is 206 Å². The molecule has 0 aliphatic carbocycles. The quantitative estimate of drug-likeness (QED) is 0.176. The van der Waals surface area contributed by atoms with Gasteiger partial charge in [-0.3, -0.25) is 4.57 Å². The van der Waals surface area contributed by atoms with Gasteiger partial charge in [0.05, 0.1) is 33.3 Å². The molecule has 4 heteroatoms. The van der Waals surface area contributed by atoms with E-state index in [9.17, 15) is 0 Å². The standard InChI is InChI=1S/C54H34N4/c1-3-14-35(15-4-1)37-26-28-39(29-27-37)53-43-22-9-11-24-45(43)55-54(56-53)58-48-31-30-38-18-7-8-21-42(38)50(48)52-49(58)33-32-47-51(52)44-23-10-12-25-46(44)57(47)41-20-13-19-40(34-41)36-16-5-2-6-17-36/h1-34H. The number of hydrogen-bond acceptors (Lipinski definition) is 2. The SMILES string of the molecule is c1ccc(-c2ccc(-c3nc(-n4c5ccc6ccccc6c5c5c6c7ccccc7n(-c7cccc(-c8ccccc8)c7)c6ccc54)nc4ccccc34)cc2)cc1. The third kappa shape index (κ3) is 4.95. The number of benzene rings is 9. The molecule has 3 heterocycles. The van der Waals surface area contributed by atoms with E-state index in [1.165, 1.54) is 60.1 Å². The van der Waals surface area contributed by atoms with Gasteiger partial charge in [-0.05, 0) is 75.5 Å². The van der Waals surface area contributed by atoms with Gasteiger partial charge < -0.3 is 4.57 Å². The van der Waals surface area contributed by atoms with Gasteiger partial charge in [0.25, 0.3) is 0 Å². The van der Waals surface area contributed by atoms with Crippen LogP contribution in [0.25, 0.3) is 110 Å². The van der Waals surface area contributed by atoms with Crippen molar-refractivity contribution in [1.29, 1.82) is 0 Å². The fourth-order valence-corrected chi connectivity index (χ4v) is 9.11. The molecule has 0 saturated carbocycles. The molecule has 270 valence electrons. The van der Waals surface area contributed by atoms with E-state index in [-0.39, 0.29) is 0 Å². The first-order valence-electron chi connectivity index (χ1n) is 19.8.